The van der Waals surface area contributed by atoms with Gasteiger partial charge >= 0.3 is 54.0 Å². The molecule has 28 atom stereocenters. The predicted octanol–water partition coefficient (Wildman–Crippen LogP) is 5.28. The Hall–Kier alpha value is -12.5. The lowest BCUT2D eigenvalue weighted by atomic mass is 9.42. The zero-order valence-corrected chi connectivity index (χ0v) is 82.6. The second-order valence-corrected chi connectivity index (χ2v) is 41.9. The first kappa shape index (κ1) is 106. The maximum Gasteiger partial charge on any atom is 0.408 e. The van der Waals surface area contributed by atoms with Crippen LogP contribution in [0.5, 0.6) is 0 Å². The highest BCUT2D eigenvalue weighted by molar-refractivity contribution is 6.25. The summed E-state index contributed by atoms with van der Waals surface area (Å²) in [5.74, 6) is -15.5. The number of hydrogen-bond acceptors (Lipinski definition) is 36. The number of alkyl carbamates (subject to hydrolysis) is 1. The Morgan fingerprint density at radius 2 is 1.05 bits per heavy atom. The number of esters is 7. The van der Waals surface area contributed by atoms with Gasteiger partial charge in [-0.25, -0.2) is 28.8 Å². The van der Waals surface area contributed by atoms with Crippen LogP contribution in [0.3, 0.4) is 0 Å². The number of rotatable bonds is 21. The van der Waals surface area contributed by atoms with E-state index in [1.54, 1.807) is 183 Å². The average molecular weight is 2000 g/mol. The summed E-state index contributed by atoms with van der Waals surface area (Å²) in [4.78, 5) is 191. The summed E-state index contributed by atoms with van der Waals surface area (Å²) >= 11 is 0. The number of allylic oxidation sites excluding steroid dienone is 2. The molecular formula is C105H124N6O33. The number of ether oxygens (including phenoxy) is 12. The van der Waals surface area contributed by atoms with Crippen LogP contribution in [-0.4, -0.2) is 276 Å². The summed E-state index contributed by atoms with van der Waals surface area (Å²) in [7, 11) is 1.52. The summed E-state index contributed by atoms with van der Waals surface area (Å²) in [5.41, 5.74) is -4.39. The van der Waals surface area contributed by atoms with E-state index in [9.17, 15) is 98.1 Å². The SMILES string of the molecule is CC(=O)O[C@@]12COC1C[C@H](O)[C@@]1(C)C(=O)[C@H](O)C3=C(C)C(OC(=O)[C@H](O)C(NC(=O)OC(C)(C)C)c4ccccc4)C[C@@](O)([C@@H](OC(=O)c4ccccc4)[C@@H]12)C3(C)C.CC(=O)O[C@H]1C(=O)[C@@]2(C)C([C@H](OC(=O)c3ccccc3)[C@]3(O)C[C@H](OC(=O)[C@H](O)[C@@H](NC(=O)c4ccccc4)c4ccccc4)C(C)C1C3(C)C)[C@]1(OC(C)=O)CO[C@@H]1C[C@@H]2O.CO[C@@]12[C@H](COC(N)=O)C3=C(C(=O)C(C)=C(N)C3=O)N1C[C@@H]1N[C@@H]12. The lowest BCUT2D eigenvalue weighted by Crippen LogP contribution is -2.83. The number of nitrogens with two attached hydrogens (primary N) is 2. The molecule has 3 amide bonds. The number of hydrogen-bond donors (Lipinski definition) is 12. The van der Waals surface area contributed by atoms with Gasteiger partial charge in [-0.2, -0.15) is 0 Å². The zero-order valence-electron chi connectivity index (χ0n) is 82.6. The number of piperazine rings is 1. The van der Waals surface area contributed by atoms with E-state index in [-0.39, 0.29) is 95.2 Å². The van der Waals surface area contributed by atoms with Crippen molar-refractivity contribution in [1.29, 1.82) is 0 Å². The minimum absolute atomic E-state index is 0.0586. The summed E-state index contributed by atoms with van der Waals surface area (Å²) in [6, 6.07) is 37.8. The predicted molar refractivity (Wildman–Crippen MR) is 501 cm³/mol. The van der Waals surface area contributed by atoms with Crippen LogP contribution in [0.15, 0.2) is 185 Å². The van der Waals surface area contributed by atoms with Crippen molar-refractivity contribution < 1.29 is 160 Å². The minimum Gasteiger partial charge on any atom is -0.460 e. The summed E-state index contributed by atoms with van der Waals surface area (Å²) in [5, 5.41) is 95.2. The van der Waals surface area contributed by atoms with Gasteiger partial charge in [0.1, 0.15) is 66.1 Å². The minimum atomic E-state index is -2.35. The van der Waals surface area contributed by atoms with Gasteiger partial charge < -0.3 is 125 Å². The van der Waals surface area contributed by atoms with Crippen molar-refractivity contribution in [2.45, 2.75) is 261 Å². The number of fused-ring (bicyclic) bond motifs is 14. The smallest absolute Gasteiger partial charge is 0.408 e. The molecule has 5 aliphatic heterocycles. The second kappa shape index (κ2) is 39.1. The number of aliphatic hydroxyl groups is 7. The second-order valence-electron chi connectivity index (χ2n) is 41.9. The van der Waals surface area contributed by atoms with Crippen molar-refractivity contribution in [3.8, 4) is 0 Å². The third kappa shape index (κ3) is 17.8. The number of aliphatic hydroxyl groups excluding tert-OH is 5. The normalized spacial score (nSPS) is 34.4. The van der Waals surface area contributed by atoms with Crippen LogP contribution < -0.4 is 27.4 Å². The Balaban J connectivity index is 0.000000176. The fourth-order valence-electron chi connectivity index (χ4n) is 24.6. The van der Waals surface area contributed by atoms with Crippen molar-refractivity contribution in [3.05, 3.63) is 213 Å². The van der Waals surface area contributed by atoms with Crippen LogP contribution in [0, 0.1) is 51.2 Å². The van der Waals surface area contributed by atoms with Gasteiger partial charge in [0.05, 0.1) is 94.7 Å². The Morgan fingerprint density at radius 3 is 1.50 bits per heavy atom. The molecule has 4 saturated heterocycles. The molecule has 4 bridgehead atoms. The Bertz CT molecular complexity index is 6010. The molecule has 17 rings (SSSR count). The molecular weight excluding hydrogens is 1870 g/mol. The molecule has 0 radical (unpaired) electrons. The van der Waals surface area contributed by atoms with E-state index >= 15 is 4.79 Å². The van der Waals surface area contributed by atoms with Crippen LogP contribution in [0.1, 0.15) is 184 Å². The molecule has 5 aromatic carbocycles. The van der Waals surface area contributed by atoms with Gasteiger partial charge in [-0.05, 0) is 107 Å². The highest BCUT2D eigenvalue weighted by atomic mass is 16.7. The number of primary amides is 1. The van der Waals surface area contributed by atoms with Gasteiger partial charge in [0, 0.05) is 106 Å². The van der Waals surface area contributed by atoms with Crippen molar-refractivity contribution in [2.24, 2.45) is 62.7 Å². The van der Waals surface area contributed by atoms with Crippen LogP contribution >= 0.6 is 0 Å². The molecule has 5 heterocycles. The first-order valence-electron chi connectivity index (χ1n) is 47.7. The maximum atomic E-state index is 15.5. The van der Waals surface area contributed by atoms with Gasteiger partial charge in [0.15, 0.2) is 46.8 Å². The number of nitrogens with zero attached hydrogens (tertiary/aromatic N) is 1. The monoisotopic (exact) mass is 2000 g/mol. The maximum absolute atomic E-state index is 15.5. The molecule has 144 heavy (non-hydrogen) atoms. The van der Waals surface area contributed by atoms with Crippen molar-refractivity contribution in [2.75, 3.05) is 33.5 Å². The van der Waals surface area contributed by atoms with E-state index in [4.69, 9.17) is 68.3 Å². The third-order valence-corrected chi connectivity index (χ3v) is 32.1. The first-order valence-corrected chi connectivity index (χ1v) is 47.7. The first-order chi connectivity index (χ1) is 67.6. The number of Topliss-reactive ketones (excluding diaryl/α,β-unsaturated/α-hetero) is 4. The zero-order chi connectivity index (χ0) is 105. The molecule has 14 N–H and O–H groups in total. The van der Waals surface area contributed by atoms with Crippen molar-refractivity contribution >= 4 is 83.0 Å². The number of amides is 3. The molecule has 0 spiro atoms. The average Bonchev–Trinajstić information content (AvgIpc) is 1.68. The van der Waals surface area contributed by atoms with Crippen LogP contribution in [0.25, 0.3) is 0 Å². The van der Waals surface area contributed by atoms with E-state index < -0.39 is 260 Å². The van der Waals surface area contributed by atoms with Crippen LogP contribution in [0.4, 0.5) is 9.59 Å². The van der Waals surface area contributed by atoms with Gasteiger partial charge in [0.2, 0.25) is 11.6 Å². The third-order valence-electron chi connectivity index (χ3n) is 32.1. The van der Waals surface area contributed by atoms with Gasteiger partial charge in [-0.3, -0.25) is 38.4 Å². The largest absolute Gasteiger partial charge is 0.460 e. The summed E-state index contributed by atoms with van der Waals surface area (Å²) in [6.07, 6.45) is -22.5. The fraction of sp³-hybridized carbons (Fsp3) is 0.524. The standard InChI is InChI=1S/C47H53NO14.C43H53NO14.C15H18N4O5/c1-25-31(60-43(56)36(52)35(28-16-10-7-11-17-28)48-41(54)29-18-12-8-13-19-29)23-47(57)40(61-42(55)30-20-14-9-15-21-30)38-45(6,32(51)22-33-46(38,24-58-33)62-27(3)50)39(53)37(59-26(2)49)34(25)44(47,4)5;1-22-26(55-37(51)32(48)30(24-15-11-9-12-16-24)44-38(52)58-39(3,4)5)20-43(53)35(56-36(50)25-17-13-10-14-18-25)33-41(8,34(49)31(47)29(22)40(43,6)7)27(46)19-28-42(33,21-54-28)57-23(2)45;1-5-9(16)12(21)8-6(4-24-14(17)22)15(23-2)13-7(18-13)3-19(15)10(8)11(5)20/h7-21,25,31-38,40,51-52,57H,22-24H2,1-6H3,(H,48,54);9-18,26-28,30-33,35,46-48,53H,19-21H2,1-8H3,(H,44,52);6-7,13,18H,3-4,16H2,1-2H3,(H2,17,22)/t25?,31-,32-,33+,34?,35-,36+,37+,38?,40-,45+,46-,47+;26?,27-,28?,30?,31+,32+,33-,35-,41+,42-,43+;6-,7+,13+,15-/m001/s1. The lowest BCUT2D eigenvalue weighted by molar-refractivity contribution is -0.355. The molecule has 0 aromatic heterocycles. The van der Waals surface area contributed by atoms with E-state index in [0.29, 0.717) is 23.4 Å². The number of benzene rings is 5. The van der Waals surface area contributed by atoms with E-state index in [0.717, 1.165) is 20.8 Å². The number of ketones is 4. The fourth-order valence-corrected chi connectivity index (χ4v) is 24.6. The van der Waals surface area contributed by atoms with Gasteiger partial charge in [-0.1, -0.05) is 150 Å². The summed E-state index contributed by atoms with van der Waals surface area (Å²) in [6.45, 7) is 22.0. The molecule has 12 aliphatic rings. The molecule has 39 nitrogen and oxygen atoms in total. The quantitative estimate of drug-likeness (QED) is 0.0146. The van der Waals surface area contributed by atoms with Crippen molar-refractivity contribution in [3.63, 3.8) is 0 Å². The molecule has 5 saturated carbocycles. The Kier molecular flexibility index (Phi) is 28.7. The number of methoxy groups -OCH3 is 1. The van der Waals surface area contributed by atoms with Crippen LogP contribution in [-0.2, 0) is 100.0 Å². The molecule has 7 aliphatic carbocycles. The van der Waals surface area contributed by atoms with E-state index in [1.165, 1.54) is 59.1 Å². The lowest BCUT2D eigenvalue weighted by Gasteiger charge is -2.69. The molecule has 9 fully saturated rings. The van der Waals surface area contributed by atoms with E-state index in [2.05, 4.69) is 16.0 Å². The molecule has 6 unspecified atom stereocenters. The van der Waals surface area contributed by atoms with Crippen LogP contribution in [0.2, 0.25) is 0 Å². The molecule has 772 valence electrons. The number of nitrogens with one attached hydrogen (secondary N) is 3. The highest BCUT2D eigenvalue weighted by Crippen LogP contribution is 2.68. The molecule has 39 heteroatoms. The number of carbonyl (C=O) groups excluding carboxylic acids is 14. The Labute approximate surface area is 829 Å². The van der Waals surface area contributed by atoms with Crippen molar-refractivity contribution in [1.82, 2.24) is 20.9 Å². The Morgan fingerprint density at radius 1 is 0.590 bits per heavy atom. The number of carbonyl (C=O) groups is 14. The van der Waals surface area contributed by atoms with Gasteiger partial charge in [-0.15, -0.1) is 0 Å². The topological polar surface area (TPSA) is 593 Å². The van der Waals surface area contributed by atoms with E-state index in [1.807, 2.05) is 4.90 Å². The summed E-state index contributed by atoms with van der Waals surface area (Å²) < 4.78 is 70.7. The highest BCUT2D eigenvalue weighted by Gasteiger charge is 2.82. The molecule has 5 aromatic rings. The van der Waals surface area contributed by atoms with Gasteiger partial charge in [0.25, 0.3) is 5.91 Å².